The lowest BCUT2D eigenvalue weighted by Crippen LogP contribution is -2.44. The summed E-state index contributed by atoms with van der Waals surface area (Å²) in [5.41, 5.74) is -0.273. The van der Waals surface area contributed by atoms with E-state index in [1.54, 1.807) is 19.1 Å². The highest BCUT2D eigenvalue weighted by Crippen LogP contribution is 2.30. The number of unbranched alkanes of at least 4 members (excludes halogenated alkanes) is 2. The summed E-state index contributed by atoms with van der Waals surface area (Å²) in [6.07, 6.45) is 4.92. The number of aliphatic hydroxyl groups is 1. The first-order valence-corrected chi connectivity index (χ1v) is 11.5. The Morgan fingerprint density at radius 3 is 2.43 bits per heavy atom. The number of carbonyl (C=O) groups excluding carboxylic acids is 1. The van der Waals surface area contributed by atoms with Crippen molar-refractivity contribution in [2.75, 3.05) is 32.1 Å². The molecule has 8 heteroatoms. The molecule has 0 fully saturated rings. The first-order valence-electron chi connectivity index (χ1n) is 10.1. The van der Waals surface area contributed by atoms with E-state index in [0.717, 1.165) is 17.5 Å². The number of benzene rings is 2. The van der Waals surface area contributed by atoms with Crippen LogP contribution in [0.5, 0.6) is 0 Å². The van der Waals surface area contributed by atoms with Gasteiger partial charge in [0.05, 0.1) is 4.90 Å². The second-order valence-electron chi connectivity index (χ2n) is 7.90. The van der Waals surface area contributed by atoms with Crippen molar-refractivity contribution in [3.8, 4) is 0 Å². The lowest BCUT2D eigenvalue weighted by molar-refractivity contribution is -0.139. The first kappa shape index (κ1) is 22.3. The third kappa shape index (κ3) is 4.66. The fourth-order valence-electron chi connectivity index (χ4n) is 3.71. The van der Waals surface area contributed by atoms with Gasteiger partial charge in [0.25, 0.3) is 0 Å². The molecule has 1 atom stereocenters. The van der Waals surface area contributed by atoms with Gasteiger partial charge < -0.3 is 14.9 Å². The standard InChI is InChI=1S/C22H29N3O4S/c1-22(27)14-13-21(26)25(22)16-6-4-5-15-23-30(28,29)20-12-8-9-17-18(20)10-7-11-19(17)24(2)3/h7-14,23,27H,4-6,15-16H2,1-3H3. The lowest BCUT2D eigenvalue weighted by atomic mass is 10.1. The van der Waals surface area contributed by atoms with Gasteiger partial charge in [-0.25, -0.2) is 13.1 Å². The Morgan fingerprint density at radius 1 is 1.07 bits per heavy atom. The van der Waals surface area contributed by atoms with Crippen LogP contribution in [0.15, 0.2) is 53.4 Å². The van der Waals surface area contributed by atoms with Crippen LogP contribution < -0.4 is 9.62 Å². The molecule has 0 radical (unpaired) electrons. The number of sulfonamides is 1. The van der Waals surface area contributed by atoms with Crippen molar-refractivity contribution in [1.82, 2.24) is 9.62 Å². The van der Waals surface area contributed by atoms with Crippen LogP contribution >= 0.6 is 0 Å². The van der Waals surface area contributed by atoms with Crippen molar-refractivity contribution in [2.24, 2.45) is 0 Å². The number of fused-ring (bicyclic) bond motifs is 1. The molecule has 2 aromatic carbocycles. The number of hydrogen-bond donors (Lipinski definition) is 2. The number of rotatable bonds is 9. The summed E-state index contributed by atoms with van der Waals surface area (Å²) < 4.78 is 28.4. The van der Waals surface area contributed by atoms with Gasteiger partial charge >= 0.3 is 0 Å². The molecule has 1 heterocycles. The molecule has 0 spiro atoms. The third-order valence-electron chi connectivity index (χ3n) is 5.34. The van der Waals surface area contributed by atoms with Crippen molar-refractivity contribution in [2.45, 2.75) is 36.8 Å². The molecular weight excluding hydrogens is 402 g/mol. The largest absolute Gasteiger partial charge is 0.377 e. The topological polar surface area (TPSA) is 90.0 Å². The minimum absolute atomic E-state index is 0.200. The van der Waals surface area contributed by atoms with Crippen LogP contribution in [0.1, 0.15) is 26.2 Å². The number of carbonyl (C=O) groups is 1. The van der Waals surface area contributed by atoms with Crippen LogP contribution in [0, 0.1) is 0 Å². The van der Waals surface area contributed by atoms with E-state index in [2.05, 4.69) is 4.72 Å². The van der Waals surface area contributed by atoms with Crippen LogP contribution in [0.3, 0.4) is 0 Å². The van der Waals surface area contributed by atoms with Gasteiger partial charge in [0.2, 0.25) is 15.9 Å². The smallest absolute Gasteiger partial charge is 0.248 e. The highest BCUT2D eigenvalue weighted by Gasteiger charge is 2.34. The van der Waals surface area contributed by atoms with E-state index in [1.807, 2.05) is 43.3 Å². The van der Waals surface area contributed by atoms with Gasteiger partial charge in [0, 0.05) is 49.7 Å². The molecule has 3 rings (SSSR count). The summed E-state index contributed by atoms with van der Waals surface area (Å²) >= 11 is 0. The summed E-state index contributed by atoms with van der Waals surface area (Å²) in [6, 6.07) is 11.0. The quantitative estimate of drug-likeness (QED) is 0.596. The van der Waals surface area contributed by atoms with Crippen molar-refractivity contribution in [3.63, 3.8) is 0 Å². The van der Waals surface area contributed by atoms with Crippen LogP contribution in [0.25, 0.3) is 10.8 Å². The molecule has 2 N–H and O–H groups in total. The Hall–Kier alpha value is -2.42. The fraction of sp³-hybridized carbons (Fsp3) is 0.409. The molecule has 1 amide bonds. The molecule has 0 aliphatic carbocycles. The summed E-state index contributed by atoms with van der Waals surface area (Å²) in [7, 11) is 0.217. The van der Waals surface area contributed by atoms with Crippen LogP contribution in [-0.4, -0.2) is 57.2 Å². The van der Waals surface area contributed by atoms with Gasteiger partial charge in [-0.3, -0.25) is 4.79 Å². The number of nitrogens with one attached hydrogen (secondary N) is 1. The zero-order valence-corrected chi connectivity index (χ0v) is 18.4. The molecule has 0 bridgehead atoms. The fourth-order valence-corrected chi connectivity index (χ4v) is 5.01. The normalized spacial score (nSPS) is 19.1. The van der Waals surface area contributed by atoms with E-state index in [1.165, 1.54) is 17.1 Å². The molecule has 30 heavy (non-hydrogen) atoms. The van der Waals surface area contributed by atoms with E-state index in [9.17, 15) is 18.3 Å². The molecule has 0 saturated carbocycles. The van der Waals surface area contributed by atoms with Gasteiger partial charge in [-0.2, -0.15) is 0 Å². The molecule has 1 unspecified atom stereocenters. The van der Waals surface area contributed by atoms with Crippen molar-refractivity contribution in [3.05, 3.63) is 48.6 Å². The number of hydrogen-bond acceptors (Lipinski definition) is 5. The van der Waals surface area contributed by atoms with Gasteiger partial charge in [0.1, 0.15) is 0 Å². The van der Waals surface area contributed by atoms with Gasteiger partial charge in [-0.15, -0.1) is 0 Å². The molecule has 2 aromatic rings. The minimum atomic E-state index is -3.64. The van der Waals surface area contributed by atoms with Gasteiger partial charge in [0.15, 0.2) is 5.72 Å². The van der Waals surface area contributed by atoms with E-state index < -0.39 is 15.7 Å². The molecule has 1 aliphatic heterocycles. The Labute approximate surface area is 178 Å². The van der Waals surface area contributed by atoms with Crippen molar-refractivity contribution >= 4 is 32.4 Å². The molecule has 1 aliphatic rings. The number of anilines is 1. The zero-order valence-electron chi connectivity index (χ0n) is 17.6. The van der Waals surface area contributed by atoms with Crippen molar-refractivity contribution in [1.29, 1.82) is 0 Å². The Morgan fingerprint density at radius 2 is 1.77 bits per heavy atom. The highest BCUT2D eigenvalue weighted by atomic mass is 32.2. The van der Waals surface area contributed by atoms with Gasteiger partial charge in [-0.1, -0.05) is 30.7 Å². The second kappa shape index (κ2) is 8.75. The van der Waals surface area contributed by atoms with Crippen molar-refractivity contribution < 1.29 is 18.3 Å². The van der Waals surface area contributed by atoms with E-state index in [4.69, 9.17) is 0 Å². The second-order valence-corrected chi connectivity index (χ2v) is 9.63. The number of nitrogens with zero attached hydrogens (tertiary/aromatic N) is 2. The van der Waals surface area contributed by atoms with E-state index >= 15 is 0 Å². The number of amides is 1. The molecular formula is C22H29N3O4S. The predicted molar refractivity (Wildman–Crippen MR) is 119 cm³/mol. The molecule has 7 nitrogen and oxygen atoms in total. The van der Waals surface area contributed by atoms with Crippen LogP contribution in [0.4, 0.5) is 5.69 Å². The summed E-state index contributed by atoms with van der Waals surface area (Å²) in [5, 5.41) is 11.7. The molecule has 0 saturated heterocycles. The lowest BCUT2D eigenvalue weighted by Gasteiger charge is -2.29. The minimum Gasteiger partial charge on any atom is -0.377 e. The van der Waals surface area contributed by atoms with E-state index in [-0.39, 0.29) is 10.8 Å². The zero-order chi connectivity index (χ0) is 21.9. The van der Waals surface area contributed by atoms with Gasteiger partial charge in [-0.05, 0) is 38.0 Å². The Kier molecular flexibility index (Phi) is 6.50. The van der Waals surface area contributed by atoms with Crippen LogP contribution in [-0.2, 0) is 14.8 Å². The third-order valence-corrected chi connectivity index (χ3v) is 6.85. The van der Waals surface area contributed by atoms with E-state index in [0.29, 0.717) is 31.3 Å². The average molecular weight is 432 g/mol. The predicted octanol–water partition coefficient (Wildman–Crippen LogP) is 2.46. The molecule has 162 valence electrons. The molecule has 0 aromatic heterocycles. The average Bonchev–Trinajstić information content (AvgIpc) is 2.95. The summed E-state index contributed by atoms with van der Waals surface area (Å²) in [5.74, 6) is -0.200. The summed E-state index contributed by atoms with van der Waals surface area (Å²) in [4.78, 5) is 15.4. The maximum atomic E-state index is 12.9. The monoisotopic (exact) mass is 431 g/mol. The SMILES string of the molecule is CN(C)c1cccc2c(S(=O)(=O)NCCCCCN3C(=O)C=CC3(C)O)cccc12. The Balaban J connectivity index is 1.57. The Bertz CT molecular complexity index is 1060. The summed E-state index contributed by atoms with van der Waals surface area (Å²) in [6.45, 7) is 2.32. The van der Waals surface area contributed by atoms with Crippen LogP contribution in [0.2, 0.25) is 0 Å². The first-order chi connectivity index (χ1) is 14.1. The highest BCUT2D eigenvalue weighted by molar-refractivity contribution is 7.89. The maximum absolute atomic E-state index is 12.9. The maximum Gasteiger partial charge on any atom is 0.248 e.